The molecule has 0 saturated carbocycles. The molecule has 0 aliphatic heterocycles. The molecule has 0 aliphatic rings. The van der Waals surface area contributed by atoms with Crippen LogP contribution in [0.4, 0.5) is 5.69 Å². The molecule has 6 heteroatoms. The number of Topliss-reactive ketones (excluding diaryl/α,β-unsaturated/α-hetero) is 1. The average Bonchev–Trinajstić information content (AvgIpc) is 2.88. The molecule has 0 unspecified atom stereocenters. The molecule has 1 aromatic heterocycles. The van der Waals surface area contributed by atoms with E-state index >= 15 is 0 Å². The number of halogens is 2. The van der Waals surface area contributed by atoms with E-state index in [2.05, 4.69) is 5.32 Å². The summed E-state index contributed by atoms with van der Waals surface area (Å²) in [7, 11) is 1.82. The van der Waals surface area contributed by atoms with Gasteiger partial charge < -0.3 is 9.88 Å². The molecule has 3 aromatic rings. The van der Waals surface area contributed by atoms with Crippen molar-refractivity contribution >= 4 is 51.5 Å². The van der Waals surface area contributed by atoms with Gasteiger partial charge in [-0.25, -0.2) is 0 Å². The number of fused-ring (bicyclic) bond motifs is 1. The Labute approximate surface area is 142 Å². The lowest BCUT2D eigenvalue weighted by Gasteiger charge is -2.08. The molecule has 2 aromatic carbocycles. The maximum atomic E-state index is 12.5. The van der Waals surface area contributed by atoms with Gasteiger partial charge in [0.25, 0.3) is 11.7 Å². The Hall–Kier alpha value is -2.30. The second kappa shape index (κ2) is 6.07. The summed E-state index contributed by atoms with van der Waals surface area (Å²) in [6.07, 6.45) is 1.64. The van der Waals surface area contributed by atoms with E-state index < -0.39 is 11.7 Å². The number of carbonyl (C=O) groups excluding carboxylic acids is 2. The summed E-state index contributed by atoms with van der Waals surface area (Å²) in [5, 5.41) is 3.76. The van der Waals surface area contributed by atoms with Gasteiger partial charge in [-0.2, -0.15) is 0 Å². The fraction of sp³-hybridized carbons (Fsp3) is 0.0588. The Kier molecular flexibility index (Phi) is 4.11. The molecule has 1 N–H and O–H groups in total. The van der Waals surface area contributed by atoms with Crippen molar-refractivity contribution in [1.82, 2.24) is 4.57 Å². The van der Waals surface area contributed by atoms with Gasteiger partial charge in [0, 0.05) is 24.1 Å². The van der Waals surface area contributed by atoms with E-state index in [0.29, 0.717) is 5.56 Å². The molecule has 3 rings (SSSR count). The van der Waals surface area contributed by atoms with Gasteiger partial charge in [0.2, 0.25) is 0 Å². The number of rotatable bonds is 3. The highest BCUT2D eigenvalue weighted by atomic mass is 35.5. The molecule has 0 radical (unpaired) electrons. The van der Waals surface area contributed by atoms with Crippen LogP contribution in [0.5, 0.6) is 0 Å². The van der Waals surface area contributed by atoms with Crippen molar-refractivity contribution in [1.29, 1.82) is 0 Å². The molecule has 1 heterocycles. The van der Waals surface area contributed by atoms with E-state index in [0.717, 1.165) is 10.9 Å². The monoisotopic (exact) mass is 346 g/mol. The smallest absolute Gasteiger partial charge is 0.296 e. The van der Waals surface area contributed by atoms with Gasteiger partial charge in [-0.15, -0.1) is 0 Å². The van der Waals surface area contributed by atoms with Gasteiger partial charge in [0.15, 0.2) is 0 Å². The summed E-state index contributed by atoms with van der Waals surface area (Å²) in [6, 6.07) is 12.2. The molecule has 0 bridgehead atoms. The third-order valence-electron chi connectivity index (χ3n) is 3.55. The molecule has 0 atom stereocenters. The summed E-state index contributed by atoms with van der Waals surface area (Å²) < 4.78 is 1.80. The van der Waals surface area contributed by atoms with Crippen molar-refractivity contribution in [3.8, 4) is 0 Å². The number of ketones is 1. The molecule has 0 saturated heterocycles. The largest absolute Gasteiger partial charge is 0.350 e. The Morgan fingerprint density at radius 1 is 1.00 bits per heavy atom. The minimum absolute atomic E-state index is 0.231. The van der Waals surface area contributed by atoms with Crippen LogP contribution in [0.25, 0.3) is 10.9 Å². The van der Waals surface area contributed by atoms with Crippen LogP contribution in [-0.2, 0) is 11.8 Å². The first-order chi connectivity index (χ1) is 11.0. The van der Waals surface area contributed by atoms with E-state index in [-0.39, 0.29) is 15.7 Å². The lowest BCUT2D eigenvalue weighted by Crippen LogP contribution is -2.23. The zero-order valence-corrected chi connectivity index (χ0v) is 13.7. The SMILES string of the molecule is Cn1cc(C(=O)C(=O)Nc2c(Cl)cccc2Cl)c2ccccc21. The number of para-hydroxylation sites is 2. The number of nitrogens with one attached hydrogen (secondary N) is 1. The molecular weight excluding hydrogens is 335 g/mol. The van der Waals surface area contributed by atoms with Gasteiger partial charge >= 0.3 is 0 Å². The van der Waals surface area contributed by atoms with Crippen LogP contribution in [0, 0.1) is 0 Å². The highest BCUT2D eigenvalue weighted by molar-refractivity contribution is 6.50. The number of nitrogens with zero attached hydrogens (tertiary/aromatic N) is 1. The quantitative estimate of drug-likeness (QED) is 0.567. The van der Waals surface area contributed by atoms with Crippen molar-refractivity contribution in [3.63, 3.8) is 0 Å². The van der Waals surface area contributed by atoms with E-state index in [1.54, 1.807) is 35.0 Å². The second-order valence-corrected chi connectivity index (χ2v) is 5.87. The molecule has 4 nitrogen and oxygen atoms in total. The lowest BCUT2D eigenvalue weighted by molar-refractivity contribution is -0.112. The third-order valence-corrected chi connectivity index (χ3v) is 4.18. The molecule has 0 aliphatic carbocycles. The molecule has 23 heavy (non-hydrogen) atoms. The van der Waals surface area contributed by atoms with Crippen LogP contribution in [0.3, 0.4) is 0 Å². The number of carbonyl (C=O) groups is 2. The first-order valence-corrected chi connectivity index (χ1v) is 7.58. The van der Waals surface area contributed by atoms with Crippen LogP contribution in [-0.4, -0.2) is 16.3 Å². The number of aryl methyl sites for hydroxylation is 1. The van der Waals surface area contributed by atoms with E-state index in [1.165, 1.54) is 0 Å². The Bertz CT molecular complexity index is 911. The van der Waals surface area contributed by atoms with Gasteiger partial charge in [-0.1, -0.05) is 47.5 Å². The Balaban J connectivity index is 1.95. The molecule has 1 amide bonds. The number of benzene rings is 2. The maximum Gasteiger partial charge on any atom is 0.296 e. The Morgan fingerprint density at radius 3 is 2.35 bits per heavy atom. The zero-order chi connectivity index (χ0) is 16.6. The molecule has 0 fully saturated rings. The maximum absolute atomic E-state index is 12.5. The van der Waals surface area contributed by atoms with Crippen LogP contribution in [0.1, 0.15) is 10.4 Å². The molecule has 0 spiro atoms. The average molecular weight is 347 g/mol. The zero-order valence-electron chi connectivity index (χ0n) is 12.1. The minimum Gasteiger partial charge on any atom is -0.350 e. The number of anilines is 1. The highest BCUT2D eigenvalue weighted by Gasteiger charge is 2.22. The predicted octanol–water partition coefficient (Wildman–Crippen LogP) is 4.31. The normalized spacial score (nSPS) is 10.7. The topological polar surface area (TPSA) is 51.1 Å². The standard InChI is InChI=1S/C17H12Cl2N2O2/c1-21-9-11(10-5-2-3-8-14(10)21)16(22)17(23)20-15-12(18)6-4-7-13(15)19/h2-9H,1H3,(H,20,23). The van der Waals surface area contributed by atoms with Gasteiger partial charge in [0.05, 0.1) is 21.3 Å². The number of amides is 1. The fourth-order valence-corrected chi connectivity index (χ4v) is 2.92. The van der Waals surface area contributed by atoms with Crippen LogP contribution >= 0.6 is 23.2 Å². The fourth-order valence-electron chi connectivity index (χ4n) is 2.43. The Morgan fingerprint density at radius 2 is 1.65 bits per heavy atom. The molecular formula is C17H12Cl2N2O2. The van der Waals surface area contributed by atoms with Gasteiger partial charge in [-0.05, 0) is 18.2 Å². The number of hydrogen-bond acceptors (Lipinski definition) is 2. The highest BCUT2D eigenvalue weighted by Crippen LogP contribution is 2.30. The van der Waals surface area contributed by atoms with Crippen molar-refractivity contribution in [2.45, 2.75) is 0 Å². The van der Waals surface area contributed by atoms with Gasteiger partial charge in [0.1, 0.15) is 0 Å². The first-order valence-electron chi connectivity index (χ1n) is 6.83. The second-order valence-electron chi connectivity index (χ2n) is 5.05. The van der Waals surface area contributed by atoms with Crippen LogP contribution in [0.15, 0.2) is 48.7 Å². The van der Waals surface area contributed by atoms with E-state index in [9.17, 15) is 9.59 Å². The van der Waals surface area contributed by atoms with Crippen LogP contribution in [0.2, 0.25) is 10.0 Å². The summed E-state index contributed by atoms with van der Waals surface area (Å²) in [6.45, 7) is 0. The minimum atomic E-state index is -0.781. The van der Waals surface area contributed by atoms with Crippen LogP contribution < -0.4 is 5.32 Å². The summed E-state index contributed by atoms with van der Waals surface area (Å²) >= 11 is 12.0. The number of aromatic nitrogens is 1. The molecule has 116 valence electrons. The third kappa shape index (κ3) is 2.83. The van der Waals surface area contributed by atoms with Crippen molar-refractivity contribution in [2.75, 3.05) is 5.32 Å². The van der Waals surface area contributed by atoms with Crippen molar-refractivity contribution in [2.24, 2.45) is 7.05 Å². The summed E-state index contributed by atoms with van der Waals surface area (Å²) in [5.74, 6) is -1.42. The van der Waals surface area contributed by atoms with Crippen molar-refractivity contribution in [3.05, 3.63) is 64.3 Å². The van der Waals surface area contributed by atoms with Crippen molar-refractivity contribution < 1.29 is 9.59 Å². The first kappa shape index (κ1) is 15.6. The number of hydrogen-bond donors (Lipinski definition) is 1. The van der Waals surface area contributed by atoms with E-state index in [1.807, 2.05) is 25.2 Å². The van der Waals surface area contributed by atoms with E-state index in [4.69, 9.17) is 23.2 Å². The lowest BCUT2D eigenvalue weighted by atomic mass is 10.1. The van der Waals surface area contributed by atoms with Gasteiger partial charge in [-0.3, -0.25) is 9.59 Å². The predicted molar refractivity (Wildman–Crippen MR) is 92.3 cm³/mol. The summed E-state index contributed by atoms with van der Waals surface area (Å²) in [4.78, 5) is 24.8. The summed E-state index contributed by atoms with van der Waals surface area (Å²) in [5.41, 5.74) is 1.44.